The Bertz CT molecular complexity index is 475. The van der Waals surface area contributed by atoms with E-state index in [0.29, 0.717) is 31.4 Å². The van der Waals surface area contributed by atoms with E-state index in [0.717, 1.165) is 23.9 Å². The van der Waals surface area contributed by atoms with Crippen molar-refractivity contribution in [3.63, 3.8) is 0 Å². The summed E-state index contributed by atoms with van der Waals surface area (Å²) in [4.78, 5) is 20.7. The quantitative estimate of drug-likeness (QED) is 0.752. The number of hydrogen-bond donors (Lipinski definition) is 0. The standard InChI is InChI=1S/C15H25N3O2S/c1-5-20-14(19)7-6-12-10-21-15(16-12)18-8-11(2)13(9-18)17(3)4/h10-11,13H,5-9H2,1-4H3. The molecule has 0 amide bonds. The van der Waals surface area contributed by atoms with Crippen LogP contribution in [-0.2, 0) is 16.0 Å². The summed E-state index contributed by atoms with van der Waals surface area (Å²) in [5, 5.41) is 3.13. The van der Waals surface area contributed by atoms with Crippen LogP contribution >= 0.6 is 11.3 Å². The molecular weight excluding hydrogens is 286 g/mol. The SMILES string of the molecule is CCOC(=O)CCc1csc(N2CC(C)C(N(C)C)C2)n1. The molecular formula is C15H25N3O2S. The van der Waals surface area contributed by atoms with Gasteiger partial charge in [0.2, 0.25) is 0 Å². The summed E-state index contributed by atoms with van der Waals surface area (Å²) in [6.45, 7) is 6.64. The lowest BCUT2D eigenvalue weighted by Gasteiger charge is -2.22. The highest BCUT2D eigenvalue weighted by Gasteiger charge is 2.32. The Morgan fingerprint density at radius 1 is 1.52 bits per heavy atom. The van der Waals surface area contributed by atoms with Gasteiger partial charge in [0, 0.05) is 30.9 Å². The fourth-order valence-corrected chi connectivity index (χ4v) is 3.68. The van der Waals surface area contributed by atoms with Crippen molar-refractivity contribution < 1.29 is 9.53 Å². The van der Waals surface area contributed by atoms with E-state index < -0.39 is 0 Å². The Labute approximate surface area is 130 Å². The maximum atomic E-state index is 11.4. The first-order valence-electron chi connectivity index (χ1n) is 7.52. The first-order valence-corrected chi connectivity index (χ1v) is 8.40. The van der Waals surface area contributed by atoms with Gasteiger partial charge in [0.05, 0.1) is 18.7 Å². The van der Waals surface area contributed by atoms with Gasteiger partial charge in [-0.15, -0.1) is 11.3 Å². The fourth-order valence-electron chi connectivity index (χ4n) is 2.80. The van der Waals surface area contributed by atoms with Gasteiger partial charge in [-0.3, -0.25) is 4.79 Å². The third kappa shape index (κ3) is 4.17. The zero-order valence-electron chi connectivity index (χ0n) is 13.3. The van der Waals surface area contributed by atoms with Gasteiger partial charge in [0.1, 0.15) is 0 Å². The van der Waals surface area contributed by atoms with Crippen LogP contribution in [0.5, 0.6) is 0 Å². The van der Waals surface area contributed by atoms with Gasteiger partial charge >= 0.3 is 5.97 Å². The second-order valence-electron chi connectivity index (χ2n) is 5.84. The fraction of sp³-hybridized carbons (Fsp3) is 0.733. The van der Waals surface area contributed by atoms with Gasteiger partial charge < -0.3 is 14.5 Å². The van der Waals surface area contributed by atoms with Crippen molar-refractivity contribution in [2.45, 2.75) is 32.7 Å². The van der Waals surface area contributed by atoms with Crippen molar-refractivity contribution in [2.24, 2.45) is 5.92 Å². The van der Waals surface area contributed by atoms with Gasteiger partial charge in [-0.25, -0.2) is 4.98 Å². The Balaban J connectivity index is 1.90. The van der Waals surface area contributed by atoms with E-state index in [-0.39, 0.29) is 5.97 Å². The van der Waals surface area contributed by atoms with E-state index >= 15 is 0 Å². The zero-order valence-corrected chi connectivity index (χ0v) is 14.2. The lowest BCUT2D eigenvalue weighted by Crippen LogP contribution is -2.34. The monoisotopic (exact) mass is 311 g/mol. The van der Waals surface area contributed by atoms with E-state index in [1.807, 2.05) is 6.92 Å². The average molecular weight is 311 g/mol. The minimum absolute atomic E-state index is 0.144. The number of aromatic nitrogens is 1. The minimum Gasteiger partial charge on any atom is -0.466 e. The molecule has 0 N–H and O–H groups in total. The molecule has 0 aromatic carbocycles. The summed E-state index contributed by atoms with van der Waals surface area (Å²) in [6.07, 6.45) is 1.07. The maximum Gasteiger partial charge on any atom is 0.306 e. The van der Waals surface area contributed by atoms with Gasteiger partial charge in [-0.2, -0.15) is 0 Å². The molecule has 1 aliphatic heterocycles. The molecule has 5 nitrogen and oxygen atoms in total. The summed E-state index contributed by atoms with van der Waals surface area (Å²) in [5.74, 6) is 0.501. The van der Waals surface area contributed by atoms with Crippen LogP contribution in [0.2, 0.25) is 0 Å². The van der Waals surface area contributed by atoms with Crippen LogP contribution in [0.1, 0.15) is 26.0 Å². The van der Waals surface area contributed by atoms with Crippen LogP contribution in [0.15, 0.2) is 5.38 Å². The van der Waals surface area contributed by atoms with Crippen LogP contribution in [0.25, 0.3) is 0 Å². The van der Waals surface area contributed by atoms with Crippen LogP contribution < -0.4 is 4.90 Å². The van der Waals surface area contributed by atoms with Crippen molar-refractivity contribution in [1.29, 1.82) is 0 Å². The first-order chi connectivity index (χ1) is 10.0. The van der Waals surface area contributed by atoms with Gasteiger partial charge in [-0.1, -0.05) is 6.92 Å². The molecule has 118 valence electrons. The Morgan fingerprint density at radius 3 is 2.90 bits per heavy atom. The Morgan fingerprint density at radius 2 is 2.29 bits per heavy atom. The highest BCUT2D eigenvalue weighted by Crippen LogP contribution is 2.28. The van der Waals surface area contributed by atoms with Crippen molar-refractivity contribution in [1.82, 2.24) is 9.88 Å². The molecule has 0 bridgehead atoms. The number of nitrogens with zero attached hydrogens (tertiary/aromatic N) is 3. The first kappa shape index (κ1) is 16.2. The molecule has 1 aromatic rings. The summed E-state index contributed by atoms with van der Waals surface area (Å²) < 4.78 is 4.95. The van der Waals surface area contributed by atoms with Crippen molar-refractivity contribution in [3.8, 4) is 0 Å². The predicted octanol–water partition coefficient (Wildman–Crippen LogP) is 2.03. The normalized spacial score (nSPS) is 22.0. The summed E-state index contributed by atoms with van der Waals surface area (Å²) >= 11 is 1.67. The Kier molecular flexibility index (Phi) is 5.58. The number of carbonyl (C=O) groups excluding carboxylic acids is 1. The average Bonchev–Trinajstić information content (AvgIpc) is 3.03. The van der Waals surface area contributed by atoms with E-state index in [9.17, 15) is 4.79 Å². The van der Waals surface area contributed by atoms with Crippen LogP contribution in [0.4, 0.5) is 5.13 Å². The number of esters is 1. The number of aryl methyl sites for hydroxylation is 1. The molecule has 1 aliphatic rings. The van der Waals surface area contributed by atoms with Crippen molar-refractivity contribution >= 4 is 22.4 Å². The largest absolute Gasteiger partial charge is 0.466 e. The molecule has 2 atom stereocenters. The lowest BCUT2D eigenvalue weighted by molar-refractivity contribution is -0.143. The summed E-state index contributed by atoms with van der Waals surface area (Å²) in [7, 11) is 4.27. The maximum absolute atomic E-state index is 11.4. The van der Waals surface area contributed by atoms with E-state index in [4.69, 9.17) is 4.74 Å². The molecule has 0 radical (unpaired) electrons. The van der Waals surface area contributed by atoms with Gasteiger partial charge in [0.15, 0.2) is 5.13 Å². The number of ether oxygens (including phenoxy) is 1. The smallest absolute Gasteiger partial charge is 0.306 e. The molecule has 1 aromatic heterocycles. The number of anilines is 1. The molecule has 0 aliphatic carbocycles. The highest BCUT2D eigenvalue weighted by atomic mass is 32.1. The number of rotatable bonds is 6. The number of likely N-dealkylation sites (N-methyl/N-ethyl adjacent to an activating group) is 1. The minimum atomic E-state index is -0.144. The van der Waals surface area contributed by atoms with Gasteiger partial charge in [-0.05, 0) is 26.9 Å². The molecule has 0 spiro atoms. The van der Waals surface area contributed by atoms with Crippen LogP contribution in [0, 0.1) is 5.92 Å². The third-order valence-electron chi connectivity index (χ3n) is 3.94. The molecule has 2 unspecified atom stereocenters. The van der Waals surface area contributed by atoms with E-state index in [1.54, 1.807) is 11.3 Å². The van der Waals surface area contributed by atoms with Crippen molar-refractivity contribution in [3.05, 3.63) is 11.1 Å². The summed E-state index contributed by atoms with van der Waals surface area (Å²) in [5.41, 5.74) is 0.990. The molecule has 2 heterocycles. The molecule has 1 saturated heterocycles. The lowest BCUT2D eigenvalue weighted by atomic mass is 10.1. The van der Waals surface area contributed by atoms with Gasteiger partial charge in [0.25, 0.3) is 0 Å². The molecule has 21 heavy (non-hydrogen) atoms. The molecule has 1 fully saturated rings. The van der Waals surface area contributed by atoms with Crippen molar-refractivity contribution in [2.75, 3.05) is 38.7 Å². The Hall–Kier alpha value is -1.14. The van der Waals surface area contributed by atoms with Crippen LogP contribution in [0.3, 0.4) is 0 Å². The van der Waals surface area contributed by atoms with E-state index in [2.05, 4.69) is 41.2 Å². The third-order valence-corrected chi connectivity index (χ3v) is 4.89. The number of hydrogen-bond acceptors (Lipinski definition) is 6. The zero-order chi connectivity index (χ0) is 15.4. The number of thiazole rings is 1. The topological polar surface area (TPSA) is 45.7 Å². The highest BCUT2D eigenvalue weighted by molar-refractivity contribution is 7.13. The second-order valence-corrected chi connectivity index (χ2v) is 6.68. The predicted molar refractivity (Wildman–Crippen MR) is 85.9 cm³/mol. The van der Waals surface area contributed by atoms with Crippen LogP contribution in [-0.4, -0.2) is 55.7 Å². The number of carbonyl (C=O) groups is 1. The second kappa shape index (κ2) is 7.22. The van der Waals surface area contributed by atoms with E-state index in [1.165, 1.54) is 0 Å². The molecule has 2 rings (SSSR count). The molecule has 0 saturated carbocycles. The molecule has 6 heteroatoms. The summed E-state index contributed by atoms with van der Waals surface area (Å²) in [6, 6.07) is 0.580.